The van der Waals surface area contributed by atoms with Gasteiger partial charge in [-0.3, -0.25) is 0 Å². The third-order valence-electron chi connectivity index (χ3n) is 6.47. The Hall–Kier alpha value is -2.83. The zero-order valence-electron chi connectivity index (χ0n) is 20.0. The van der Waals surface area contributed by atoms with E-state index in [0.29, 0.717) is 13.3 Å². The van der Waals surface area contributed by atoms with Crippen LogP contribution >= 0.6 is 0 Å². The van der Waals surface area contributed by atoms with E-state index in [2.05, 4.69) is 36.5 Å². The van der Waals surface area contributed by atoms with Gasteiger partial charge in [-0.2, -0.15) is 0 Å². The molecule has 4 rings (SSSR count). The van der Waals surface area contributed by atoms with E-state index in [9.17, 15) is 5.11 Å². The first-order valence-corrected chi connectivity index (χ1v) is 11.7. The van der Waals surface area contributed by atoms with Crippen molar-refractivity contribution in [2.24, 2.45) is 0 Å². The van der Waals surface area contributed by atoms with E-state index in [1.165, 1.54) is 0 Å². The summed E-state index contributed by atoms with van der Waals surface area (Å²) in [5.74, 6) is 2.15. The summed E-state index contributed by atoms with van der Waals surface area (Å²) in [7, 11) is 0.419. The number of allylic oxidation sites excluding steroid dienone is 8. The van der Waals surface area contributed by atoms with Gasteiger partial charge in [0, 0.05) is 11.1 Å². The molecule has 2 aliphatic carbocycles. The molecule has 0 bridgehead atoms. The van der Waals surface area contributed by atoms with Crippen molar-refractivity contribution < 1.29 is 9.76 Å². The first-order valence-electron chi connectivity index (χ1n) is 11.7. The van der Waals surface area contributed by atoms with Crippen LogP contribution in [-0.4, -0.2) is 38.7 Å². The smallest absolute Gasteiger partial charge is 0.309 e. The summed E-state index contributed by atoms with van der Waals surface area (Å²) in [4.78, 5) is 14.5. The number of aromatic nitrogens is 3. The van der Waals surface area contributed by atoms with Gasteiger partial charge in [0.15, 0.2) is 17.5 Å². The fourth-order valence-corrected chi connectivity index (χ4v) is 3.54. The van der Waals surface area contributed by atoms with Crippen LogP contribution in [0, 0.1) is 0 Å². The molecule has 0 atom stereocenters. The van der Waals surface area contributed by atoms with Crippen LogP contribution in [0.15, 0.2) is 60.7 Å². The van der Waals surface area contributed by atoms with Gasteiger partial charge in [0.1, 0.15) is 0 Å². The SMILES string of the molecule is CC(C)(O)C(C)(C)OBc1ccc(-c2nc(C3=CCCC=C3)nc(C3=CC=CCC3)n2)cc1. The van der Waals surface area contributed by atoms with Gasteiger partial charge in [-0.05, 0) is 59.0 Å². The average molecular weight is 441 g/mol. The largest absolute Gasteiger partial charge is 0.427 e. The maximum atomic E-state index is 10.3. The second-order valence-corrected chi connectivity index (χ2v) is 9.66. The molecule has 0 fully saturated rings. The summed E-state index contributed by atoms with van der Waals surface area (Å²) in [6, 6.07) is 8.11. The molecule has 2 aromatic rings. The molecule has 0 saturated carbocycles. The van der Waals surface area contributed by atoms with Crippen molar-refractivity contribution in [3.63, 3.8) is 0 Å². The van der Waals surface area contributed by atoms with Crippen LogP contribution in [0.4, 0.5) is 0 Å². The van der Waals surface area contributed by atoms with Gasteiger partial charge in [-0.25, -0.2) is 15.0 Å². The molecular formula is C27H32BN3O2. The van der Waals surface area contributed by atoms with Gasteiger partial charge >= 0.3 is 7.48 Å². The molecule has 0 aliphatic heterocycles. The molecule has 0 spiro atoms. The monoisotopic (exact) mass is 441 g/mol. The Bertz CT molecular complexity index is 1120. The van der Waals surface area contributed by atoms with Gasteiger partial charge < -0.3 is 9.76 Å². The number of benzene rings is 1. The molecule has 1 N–H and O–H groups in total. The van der Waals surface area contributed by atoms with Crippen molar-refractivity contribution in [1.82, 2.24) is 15.0 Å². The molecule has 0 radical (unpaired) electrons. The highest BCUT2D eigenvalue weighted by Crippen LogP contribution is 2.27. The van der Waals surface area contributed by atoms with Crippen LogP contribution in [0.25, 0.3) is 22.5 Å². The van der Waals surface area contributed by atoms with Crippen molar-refractivity contribution >= 4 is 24.1 Å². The van der Waals surface area contributed by atoms with Crippen LogP contribution in [-0.2, 0) is 4.65 Å². The molecule has 1 aromatic heterocycles. The second kappa shape index (κ2) is 9.58. The first kappa shape index (κ1) is 23.3. The Morgan fingerprint density at radius 1 is 0.879 bits per heavy atom. The predicted molar refractivity (Wildman–Crippen MR) is 136 cm³/mol. The Morgan fingerprint density at radius 3 is 2.24 bits per heavy atom. The number of aliphatic hydroxyl groups is 1. The molecule has 0 unspecified atom stereocenters. The lowest BCUT2D eigenvalue weighted by Crippen LogP contribution is -2.49. The van der Waals surface area contributed by atoms with Gasteiger partial charge in [0.2, 0.25) is 0 Å². The molecule has 33 heavy (non-hydrogen) atoms. The predicted octanol–water partition coefficient (Wildman–Crippen LogP) is 4.55. The van der Waals surface area contributed by atoms with Gasteiger partial charge in [0.25, 0.3) is 0 Å². The van der Waals surface area contributed by atoms with Crippen LogP contribution < -0.4 is 5.46 Å². The van der Waals surface area contributed by atoms with E-state index in [1.54, 1.807) is 13.8 Å². The Kier molecular flexibility index (Phi) is 6.77. The van der Waals surface area contributed by atoms with E-state index < -0.39 is 11.2 Å². The average Bonchev–Trinajstić information content (AvgIpc) is 2.83. The molecule has 1 aromatic carbocycles. The molecular weight excluding hydrogens is 409 g/mol. The molecule has 1 heterocycles. The zero-order valence-corrected chi connectivity index (χ0v) is 20.0. The molecule has 6 heteroatoms. The minimum Gasteiger partial charge on any atom is -0.427 e. The Morgan fingerprint density at radius 2 is 1.61 bits per heavy atom. The number of hydrogen-bond donors (Lipinski definition) is 1. The lowest BCUT2D eigenvalue weighted by atomic mass is 9.82. The normalized spacial score (nSPS) is 16.4. The highest BCUT2D eigenvalue weighted by atomic mass is 16.5. The molecule has 2 aliphatic rings. The molecule has 170 valence electrons. The van der Waals surface area contributed by atoms with Crippen molar-refractivity contribution in [3.05, 3.63) is 72.4 Å². The quantitative estimate of drug-likeness (QED) is 0.639. The lowest BCUT2D eigenvalue weighted by Gasteiger charge is -2.37. The van der Waals surface area contributed by atoms with Crippen LogP contribution in [0.2, 0.25) is 0 Å². The van der Waals surface area contributed by atoms with Gasteiger partial charge in [0.05, 0.1) is 11.2 Å². The van der Waals surface area contributed by atoms with E-state index in [-0.39, 0.29) is 0 Å². The van der Waals surface area contributed by atoms with Gasteiger partial charge in [-0.15, -0.1) is 0 Å². The third kappa shape index (κ3) is 5.57. The van der Waals surface area contributed by atoms with Crippen LogP contribution in [0.3, 0.4) is 0 Å². The zero-order chi connectivity index (χ0) is 23.5. The van der Waals surface area contributed by atoms with Crippen molar-refractivity contribution in [1.29, 1.82) is 0 Å². The summed E-state index contributed by atoms with van der Waals surface area (Å²) in [6.07, 6.45) is 16.8. The van der Waals surface area contributed by atoms with E-state index in [1.807, 2.05) is 38.1 Å². The highest BCUT2D eigenvalue weighted by molar-refractivity contribution is 6.47. The fraction of sp³-hybridized carbons (Fsp3) is 0.370. The third-order valence-corrected chi connectivity index (χ3v) is 6.47. The second-order valence-electron chi connectivity index (χ2n) is 9.66. The minimum atomic E-state index is -0.935. The summed E-state index contributed by atoms with van der Waals surface area (Å²) in [5.41, 5.74) is 2.57. The standard InChI is InChI=1S/C27H32BN3O2/c1-26(2,32)27(3,4)33-28-22-17-15-21(16-18-22)25-30-23(19-11-7-5-8-12-19)29-24(31-25)20-13-9-6-10-14-20/h5,7,9,11,13-18,28,32H,6,8,10,12H2,1-4H3. The Labute approximate surface area is 197 Å². The summed E-state index contributed by atoms with van der Waals surface area (Å²) in [6.45, 7) is 7.33. The first-order chi connectivity index (χ1) is 15.7. The lowest BCUT2D eigenvalue weighted by molar-refractivity contribution is -0.0893. The topological polar surface area (TPSA) is 68.1 Å². The number of rotatable bonds is 7. The number of hydrogen-bond acceptors (Lipinski definition) is 5. The van der Waals surface area contributed by atoms with Gasteiger partial charge in [-0.1, -0.05) is 66.2 Å². The van der Waals surface area contributed by atoms with Crippen molar-refractivity contribution in [3.8, 4) is 11.4 Å². The maximum Gasteiger partial charge on any atom is 0.309 e. The summed E-state index contributed by atoms with van der Waals surface area (Å²) >= 11 is 0. The minimum absolute atomic E-state index is 0.419. The molecule has 5 nitrogen and oxygen atoms in total. The maximum absolute atomic E-state index is 10.3. The van der Waals surface area contributed by atoms with Crippen LogP contribution in [0.5, 0.6) is 0 Å². The van der Waals surface area contributed by atoms with Crippen LogP contribution in [0.1, 0.15) is 65.0 Å². The molecule has 0 saturated heterocycles. The molecule has 0 amide bonds. The van der Waals surface area contributed by atoms with Crippen molar-refractivity contribution in [2.75, 3.05) is 0 Å². The van der Waals surface area contributed by atoms with E-state index in [4.69, 9.17) is 19.6 Å². The number of nitrogens with zero attached hydrogens (tertiary/aromatic N) is 3. The highest BCUT2D eigenvalue weighted by Gasteiger charge is 2.35. The summed E-state index contributed by atoms with van der Waals surface area (Å²) in [5, 5.41) is 10.3. The fourth-order valence-electron chi connectivity index (χ4n) is 3.54. The Balaban J connectivity index is 1.62. The van der Waals surface area contributed by atoms with E-state index in [0.717, 1.165) is 59.5 Å². The van der Waals surface area contributed by atoms with Crippen molar-refractivity contribution in [2.45, 2.75) is 64.6 Å². The van der Waals surface area contributed by atoms with E-state index >= 15 is 0 Å². The summed E-state index contributed by atoms with van der Waals surface area (Å²) < 4.78 is 6.00.